The lowest BCUT2D eigenvalue weighted by Crippen LogP contribution is -2.22. The van der Waals surface area contributed by atoms with Crippen LogP contribution in [0.25, 0.3) is 10.9 Å². The fraction of sp³-hybridized carbons (Fsp3) is 0.0526. The van der Waals surface area contributed by atoms with E-state index in [4.69, 9.17) is 22.1 Å². The number of aromatic nitrogens is 1. The molecule has 1 unspecified atom stereocenters. The van der Waals surface area contributed by atoms with Gasteiger partial charge in [-0.2, -0.15) is 5.26 Å². The number of nitrogens with zero attached hydrogens (tertiary/aromatic N) is 2. The van der Waals surface area contributed by atoms with Crippen LogP contribution in [0.15, 0.2) is 60.1 Å². The van der Waals surface area contributed by atoms with E-state index in [1.54, 1.807) is 18.3 Å². The van der Waals surface area contributed by atoms with Gasteiger partial charge in [0.25, 0.3) is 0 Å². The average molecular weight is 352 g/mol. The minimum absolute atomic E-state index is 0.0718. The van der Waals surface area contributed by atoms with Crippen LogP contribution in [0, 0.1) is 17.1 Å². The zero-order valence-corrected chi connectivity index (χ0v) is 13.6. The Kier molecular flexibility index (Phi) is 3.56. The van der Waals surface area contributed by atoms with Crippen LogP contribution in [0.3, 0.4) is 0 Å². The topological polar surface area (TPSA) is 71.9 Å². The van der Waals surface area contributed by atoms with Crippen LogP contribution < -0.4 is 10.5 Å². The Morgan fingerprint density at radius 3 is 2.80 bits per heavy atom. The maximum atomic E-state index is 14.6. The second-order valence-corrected chi connectivity index (χ2v) is 6.03. The van der Waals surface area contributed by atoms with Gasteiger partial charge in [0.05, 0.1) is 5.92 Å². The third-order valence-electron chi connectivity index (χ3n) is 4.24. The summed E-state index contributed by atoms with van der Waals surface area (Å²) in [7, 11) is 0. The van der Waals surface area contributed by atoms with E-state index in [1.165, 1.54) is 12.1 Å². The first-order valence-electron chi connectivity index (χ1n) is 7.51. The summed E-state index contributed by atoms with van der Waals surface area (Å²) in [5.41, 5.74) is 7.48. The molecular weight excluding hydrogens is 341 g/mol. The van der Waals surface area contributed by atoms with E-state index in [9.17, 15) is 9.65 Å². The Balaban J connectivity index is 2.07. The number of rotatable bonds is 1. The van der Waals surface area contributed by atoms with Gasteiger partial charge in [0.1, 0.15) is 23.0 Å². The third kappa shape index (κ3) is 2.31. The molecule has 0 saturated carbocycles. The summed E-state index contributed by atoms with van der Waals surface area (Å²) in [6.07, 6.45) is 1.64. The van der Waals surface area contributed by atoms with Gasteiger partial charge in [0.2, 0.25) is 5.88 Å². The number of hydrogen-bond acceptors (Lipinski definition) is 4. The quantitative estimate of drug-likeness (QED) is 0.711. The number of halogens is 2. The normalized spacial score (nSPS) is 16.3. The van der Waals surface area contributed by atoms with Gasteiger partial charge in [-0.25, -0.2) is 4.39 Å². The number of hydrogen-bond donors (Lipinski definition) is 1. The smallest absolute Gasteiger partial charge is 0.205 e. The maximum Gasteiger partial charge on any atom is 0.205 e. The van der Waals surface area contributed by atoms with Crippen molar-refractivity contribution in [1.29, 1.82) is 5.26 Å². The lowest BCUT2D eigenvalue weighted by atomic mass is 9.82. The van der Waals surface area contributed by atoms with E-state index in [1.807, 2.05) is 24.3 Å². The molecule has 122 valence electrons. The van der Waals surface area contributed by atoms with Crippen molar-refractivity contribution >= 4 is 22.5 Å². The van der Waals surface area contributed by atoms with Crippen LogP contribution in [0.5, 0.6) is 5.75 Å². The maximum absolute atomic E-state index is 14.6. The summed E-state index contributed by atoms with van der Waals surface area (Å²) < 4.78 is 20.3. The molecule has 2 aromatic carbocycles. The van der Waals surface area contributed by atoms with Crippen LogP contribution in [0.2, 0.25) is 5.02 Å². The zero-order valence-electron chi connectivity index (χ0n) is 12.8. The number of nitriles is 1. The molecule has 0 radical (unpaired) electrons. The van der Waals surface area contributed by atoms with Crippen molar-refractivity contribution in [2.45, 2.75) is 5.92 Å². The molecule has 4 nitrogen and oxygen atoms in total. The first kappa shape index (κ1) is 15.4. The van der Waals surface area contributed by atoms with E-state index in [0.717, 1.165) is 5.39 Å². The number of fused-ring (bicyclic) bond motifs is 3. The Morgan fingerprint density at radius 1 is 1.20 bits per heavy atom. The first-order chi connectivity index (χ1) is 12.1. The Hall–Kier alpha value is -3.10. The lowest BCUT2D eigenvalue weighted by Gasteiger charge is -2.27. The second-order valence-electron chi connectivity index (χ2n) is 5.62. The van der Waals surface area contributed by atoms with Gasteiger partial charge in [-0.05, 0) is 18.2 Å². The minimum Gasteiger partial charge on any atom is -0.438 e. The highest BCUT2D eigenvalue weighted by molar-refractivity contribution is 6.31. The predicted octanol–water partition coefficient (Wildman–Crippen LogP) is 4.25. The van der Waals surface area contributed by atoms with E-state index in [2.05, 4.69) is 4.98 Å². The molecule has 0 fully saturated rings. The highest BCUT2D eigenvalue weighted by atomic mass is 35.5. The molecule has 0 bridgehead atoms. The van der Waals surface area contributed by atoms with Gasteiger partial charge >= 0.3 is 0 Å². The van der Waals surface area contributed by atoms with Gasteiger partial charge in [0, 0.05) is 27.7 Å². The average Bonchev–Trinajstić information content (AvgIpc) is 2.61. The number of pyridine rings is 1. The fourth-order valence-corrected chi connectivity index (χ4v) is 3.41. The molecule has 2 N–H and O–H groups in total. The van der Waals surface area contributed by atoms with Crippen LogP contribution in [-0.2, 0) is 0 Å². The Labute approximate surface area is 147 Å². The highest BCUT2D eigenvalue weighted by Crippen LogP contribution is 2.46. The van der Waals surface area contributed by atoms with E-state index >= 15 is 0 Å². The summed E-state index contributed by atoms with van der Waals surface area (Å²) in [5.74, 6) is -0.919. The molecule has 2 heterocycles. The van der Waals surface area contributed by atoms with E-state index in [0.29, 0.717) is 16.8 Å². The van der Waals surface area contributed by atoms with Crippen LogP contribution in [0.4, 0.5) is 4.39 Å². The highest BCUT2D eigenvalue weighted by Gasteiger charge is 2.34. The molecule has 0 saturated heterocycles. The van der Waals surface area contributed by atoms with Crippen LogP contribution >= 0.6 is 11.6 Å². The Morgan fingerprint density at radius 2 is 2.04 bits per heavy atom. The molecule has 0 amide bonds. The molecular formula is C19H11ClFN3O. The fourth-order valence-electron chi connectivity index (χ4n) is 3.14. The third-order valence-corrected chi connectivity index (χ3v) is 4.57. The Bertz CT molecular complexity index is 1070. The SMILES string of the molecule is N#CC1=C(N)Oc2c(ccc3cccnc23)C1c1c(F)cccc1Cl. The van der Waals surface area contributed by atoms with Crippen molar-refractivity contribution in [2.24, 2.45) is 5.73 Å². The van der Waals surface area contributed by atoms with Gasteiger partial charge < -0.3 is 10.5 Å². The summed E-state index contributed by atoms with van der Waals surface area (Å²) in [5, 5.41) is 10.6. The standard InChI is InChI=1S/C19H11ClFN3O/c20-13-4-1-5-14(21)16(13)15-11-7-6-10-3-2-8-24-17(10)18(11)25-19(23)12(15)9-22/h1-8,15H,23H2. The van der Waals surface area contributed by atoms with Crippen molar-refractivity contribution in [3.05, 3.63) is 82.1 Å². The van der Waals surface area contributed by atoms with Gasteiger partial charge in [-0.1, -0.05) is 35.9 Å². The molecule has 4 rings (SSSR count). The van der Waals surface area contributed by atoms with Gasteiger partial charge in [-0.15, -0.1) is 0 Å². The van der Waals surface area contributed by atoms with Crippen LogP contribution in [-0.4, -0.2) is 4.98 Å². The van der Waals surface area contributed by atoms with Crippen molar-refractivity contribution in [3.8, 4) is 11.8 Å². The molecule has 1 aromatic heterocycles. The van der Waals surface area contributed by atoms with Crippen molar-refractivity contribution in [1.82, 2.24) is 4.98 Å². The zero-order chi connectivity index (χ0) is 17.6. The number of allylic oxidation sites excluding steroid dienone is 1. The molecule has 1 aliphatic heterocycles. The number of ether oxygens (including phenoxy) is 1. The summed E-state index contributed by atoms with van der Waals surface area (Å²) >= 11 is 6.25. The molecule has 1 atom stereocenters. The van der Waals surface area contributed by atoms with Crippen LogP contribution in [0.1, 0.15) is 17.0 Å². The van der Waals surface area contributed by atoms with Crippen molar-refractivity contribution < 1.29 is 9.13 Å². The second kappa shape index (κ2) is 5.76. The largest absolute Gasteiger partial charge is 0.438 e. The molecule has 0 aliphatic carbocycles. The van der Waals surface area contributed by atoms with Crippen molar-refractivity contribution in [2.75, 3.05) is 0 Å². The number of nitrogens with two attached hydrogens (primary N) is 1. The minimum atomic E-state index is -0.756. The molecule has 6 heteroatoms. The lowest BCUT2D eigenvalue weighted by molar-refractivity contribution is 0.396. The first-order valence-corrected chi connectivity index (χ1v) is 7.88. The van der Waals surface area contributed by atoms with Crippen molar-refractivity contribution in [3.63, 3.8) is 0 Å². The van der Waals surface area contributed by atoms with Gasteiger partial charge in [0.15, 0.2) is 5.75 Å². The molecule has 0 spiro atoms. The van der Waals surface area contributed by atoms with E-state index in [-0.39, 0.29) is 22.0 Å². The summed E-state index contributed by atoms with van der Waals surface area (Å²) in [4.78, 5) is 4.34. The predicted molar refractivity (Wildman–Crippen MR) is 92.5 cm³/mol. The molecule has 25 heavy (non-hydrogen) atoms. The van der Waals surface area contributed by atoms with Gasteiger partial charge in [-0.3, -0.25) is 4.98 Å². The monoisotopic (exact) mass is 351 g/mol. The number of benzene rings is 2. The molecule has 1 aliphatic rings. The molecule has 3 aromatic rings. The van der Waals surface area contributed by atoms with E-state index < -0.39 is 11.7 Å². The summed E-state index contributed by atoms with van der Waals surface area (Å²) in [6, 6.07) is 13.8. The summed E-state index contributed by atoms with van der Waals surface area (Å²) in [6.45, 7) is 0.